The lowest BCUT2D eigenvalue weighted by Crippen LogP contribution is -2.17. The molecule has 0 unspecified atom stereocenters. The maximum atomic E-state index is 12.3. The number of hydrogen-bond acceptors (Lipinski definition) is 4. The number of rotatable bonds is 3. The maximum Gasteiger partial charge on any atom is 0.275 e. The van der Waals surface area contributed by atoms with Crippen molar-refractivity contribution >= 4 is 33.7 Å². The molecule has 4 aromatic rings. The van der Waals surface area contributed by atoms with Gasteiger partial charge in [-0.2, -0.15) is 5.10 Å². The fraction of sp³-hybridized carbons (Fsp3) is 0. The van der Waals surface area contributed by atoms with Crippen molar-refractivity contribution in [3.05, 3.63) is 83.9 Å². The Kier molecular flexibility index (Phi) is 4.18. The highest BCUT2D eigenvalue weighted by molar-refractivity contribution is 6.02. The predicted octanol–water partition coefficient (Wildman–Crippen LogP) is 4.17. The molecule has 0 spiro atoms. The SMILES string of the molecule is O=C(N/N=C\c1cc2ccccc2cc1O)c1cc2ccccc2cc1O. The zero-order valence-corrected chi connectivity index (χ0v) is 14.3. The van der Waals surface area contributed by atoms with E-state index in [-0.39, 0.29) is 17.1 Å². The van der Waals surface area contributed by atoms with E-state index < -0.39 is 5.91 Å². The molecule has 0 heterocycles. The van der Waals surface area contributed by atoms with Crippen molar-refractivity contribution in [2.75, 3.05) is 0 Å². The molecule has 0 saturated heterocycles. The number of aromatic hydroxyl groups is 2. The Labute approximate surface area is 155 Å². The van der Waals surface area contributed by atoms with Crippen LogP contribution in [0.15, 0.2) is 77.9 Å². The van der Waals surface area contributed by atoms with Crippen LogP contribution in [-0.4, -0.2) is 22.3 Å². The fourth-order valence-corrected chi connectivity index (χ4v) is 2.98. The first kappa shape index (κ1) is 16.6. The summed E-state index contributed by atoms with van der Waals surface area (Å²) in [7, 11) is 0. The minimum absolute atomic E-state index is 0.0697. The number of carbonyl (C=O) groups is 1. The highest BCUT2D eigenvalue weighted by Gasteiger charge is 2.12. The van der Waals surface area contributed by atoms with Crippen molar-refractivity contribution in [2.45, 2.75) is 0 Å². The molecule has 0 saturated carbocycles. The summed E-state index contributed by atoms with van der Waals surface area (Å²) >= 11 is 0. The van der Waals surface area contributed by atoms with E-state index in [0.29, 0.717) is 5.56 Å². The number of nitrogens with one attached hydrogen (secondary N) is 1. The summed E-state index contributed by atoms with van der Waals surface area (Å²) in [5, 5.41) is 27.7. The quantitative estimate of drug-likeness (QED) is 0.381. The highest BCUT2D eigenvalue weighted by atomic mass is 16.3. The standard InChI is InChI=1S/C22H16N2O3/c25-20-11-16-7-3-1-5-14(16)9-18(20)13-23-24-22(27)19-10-15-6-2-4-8-17(15)12-21(19)26/h1-13,25-26H,(H,24,27)/b23-13-. The lowest BCUT2D eigenvalue weighted by atomic mass is 10.1. The van der Waals surface area contributed by atoms with Crippen LogP contribution >= 0.6 is 0 Å². The first-order chi connectivity index (χ1) is 13.1. The molecule has 5 heteroatoms. The summed E-state index contributed by atoms with van der Waals surface area (Å²) in [5.41, 5.74) is 3.00. The number of amides is 1. The smallest absolute Gasteiger partial charge is 0.275 e. The van der Waals surface area contributed by atoms with Gasteiger partial charge in [0.05, 0.1) is 11.8 Å². The van der Waals surface area contributed by atoms with E-state index in [4.69, 9.17) is 0 Å². The second kappa shape index (κ2) is 6.80. The average Bonchev–Trinajstić information content (AvgIpc) is 2.67. The van der Waals surface area contributed by atoms with E-state index >= 15 is 0 Å². The molecule has 0 aliphatic heterocycles. The third kappa shape index (κ3) is 3.30. The zero-order valence-electron chi connectivity index (χ0n) is 14.3. The van der Waals surface area contributed by atoms with Crippen molar-refractivity contribution in [3.8, 4) is 11.5 Å². The topological polar surface area (TPSA) is 81.9 Å². The second-order valence-electron chi connectivity index (χ2n) is 6.17. The number of fused-ring (bicyclic) bond motifs is 2. The summed E-state index contributed by atoms with van der Waals surface area (Å²) in [5.74, 6) is -0.579. The van der Waals surface area contributed by atoms with Crippen LogP contribution in [0, 0.1) is 0 Å². The van der Waals surface area contributed by atoms with Crippen LogP contribution in [0.5, 0.6) is 11.5 Å². The Morgan fingerprint density at radius 3 is 1.93 bits per heavy atom. The molecule has 4 aromatic carbocycles. The molecule has 5 nitrogen and oxygen atoms in total. The molecule has 0 atom stereocenters. The van der Waals surface area contributed by atoms with Crippen LogP contribution < -0.4 is 5.43 Å². The normalized spacial score (nSPS) is 11.3. The van der Waals surface area contributed by atoms with Crippen LogP contribution in [0.1, 0.15) is 15.9 Å². The lowest BCUT2D eigenvalue weighted by molar-refractivity contribution is 0.0952. The van der Waals surface area contributed by atoms with E-state index in [1.165, 1.54) is 6.21 Å². The largest absolute Gasteiger partial charge is 0.507 e. The minimum atomic E-state index is -0.533. The highest BCUT2D eigenvalue weighted by Crippen LogP contribution is 2.25. The molecule has 0 radical (unpaired) electrons. The monoisotopic (exact) mass is 356 g/mol. The van der Waals surface area contributed by atoms with Gasteiger partial charge in [0, 0.05) is 5.56 Å². The van der Waals surface area contributed by atoms with Gasteiger partial charge in [0.15, 0.2) is 0 Å². The van der Waals surface area contributed by atoms with Crippen LogP contribution in [0.3, 0.4) is 0 Å². The minimum Gasteiger partial charge on any atom is -0.507 e. The van der Waals surface area contributed by atoms with Crippen LogP contribution in [0.4, 0.5) is 0 Å². The maximum absolute atomic E-state index is 12.3. The van der Waals surface area contributed by atoms with Crippen molar-refractivity contribution in [1.29, 1.82) is 0 Å². The molecule has 0 aromatic heterocycles. The molecular weight excluding hydrogens is 340 g/mol. The van der Waals surface area contributed by atoms with Gasteiger partial charge in [-0.05, 0) is 45.8 Å². The van der Waals surface area contributed by atoms with Crippen molar-refractivity contribution < 1.29 is 15.0 Å². The third-order valence-corrected chi connectivity index (χ3v) is 4.37. The molecule has 0 bridgehead atoms. The number of nitrogens with zero attached hydrogens (tertiary/aromatic N) is 1. The Hall–Kier alpha value is -3.86. The second-order valence-corrected chi connectivity index (χ2v) is 6.17. The number of hydrazone groups is 1. The Balaban J connectivity index is 1.57. The molecule has 0 aliphatic rings. The molecule has 3 N–H and O–H groups in total. The van der Waals surface area contributed by atoms with E-state index in [1.807, 2.05) is 48.5 Å². The molecule has 0 aliphatic carbocycles. The molecule has 1 amide bonds. The van der Waals surface area contributed by atoms with Gasteiger partial charge in [-0.1, -0.05) is 48.5 Å². The van der Waals surface area contributed by atoms with Gasteiger partial charge in [0.2, 0.25) is 0 Å². The van der Waals surface area contributed by atoms with Gasteiger partial charge in [-0.15, -0.1) is 0 Å². The summed E-state index contributed by atoms with van der Waals surface area (Å²) in [6, 6.07) is 21.7. The Morgan fingerprint density at radius 2 is 1.30 bits per heavy atom. The molecule has 27 heavy (non-hydrogen) atoms. The van der Waals surface area contributed by atoms with Crippen molar-refractivity contribution in [3.63, 3.8) is 0 Å². The van der Waals surface area contributed by atoms with Gasteiger partial charge >= 0.3 is 0 Å². The number of phenols is 2. The van der Waals surface area contributed by atoms with Gasteiger partial charge in [0.1, 0.15) is 11.5 Å². The van der Waals surface area contributed by atoms with E-state index in [2.05, 4.69) is 10.5 Å². The van der Waals surface area contributed by atoms with Gasteiger partial charge in [0.25, 0.3) is 5.91 Å². The summed E-state index contributed by atoms with van der Waals surface area (Å²) < 4.78 is 0. The summed E-state index contributed by atoms with van der Waals surface area (Å²) in [6.45, 7) is 0. The first-order valence-electron chi connectivity index (χ1n) is 8.39. The Bertz CT molecular complexity index is 1200. The summed E-state index contributed by atoms with van der Waals surface area (Å²) in [6.07, 6.45) is 1.37. The lowest BCUT2D eigenvalue weighted by Gasteiger charge is -2.06. The van der Waals surface area contributed by atoms with Crippen LogP contribution in [0.25, 0.3) is 21.5 Å². The zero-order chi connectivity index (χ0) is 18.8. The van der Waals surface area contributed by atoms with Crippen LogP contribution in [-0.2, 0) is 0 Å². The number of phenolic OH excluding ortho intramolecular Hbond substituents is 2. The van der Waals surface area contributed by atoms with Gasteiger partial charge in [-0.25, -0.2) is 5.43 Å². The van der Waals surface area contributed by atoms with Gasteiger partial charge < -0.3 is 10.2 Å². The fourth-order valence-electron chi connectivity index (χ4n) is 2.98. The number of carbonyl (C=O) groups excluding carboxylic acids is 1. The van der Waals surface area contributed by atoms with E-state index in [1.54, 1.807) is 24.3 Å². The predicted molar refractivity (Wildman–Crippen MR) is 106 cm³/mol. The molecule has 0 fully saturated rings. The van der Waals surface area contributed by atoms with Crippen molar-refractivity contribution in [2.24, 2.45) is 5.10 Å². The molecule has 4 rings (SSSR count). The third-order valence-electron chi connectivity index (χ3n) is 4.37. The number of benzene rings is 4. The summed E-state index contributed by atoms with van der Waals surface area (Å²) in [4.78, 5) is 12.3. The van der Waals surface area contributed by atoms with Gasteiger partial charge in [-0.3, -0.25) is 4.79 Å². The van der Waals surface area contributed by atoms with Crippen molar-refractivity contribution in [1.82, 2.24) is 5.43 Å². The average molecular weight is 356 g/mol. The van der Waals surface area contributed by atoms with E-state index in [9.17, 15) is 15.0 Å². The number of hydrogen-bond donors (Lipinski definition) is 3. The molecule has 132 valence electrons. The first-order valence-corrected chi connectivity index (χ1v) is 8.39. The Morgan fingerprint density at radius 1 is 0.778 bits per heavy atom. The van der Waals surface area contributed by atoms with E-state index in [0.717, 1.165) is 21.5 Å². The van der Waals surface area contributed by atoms with Crippen LogP contribution in [0.2, 0.25) is 0 Å². The molecular formula is C22H16N2O3.